The first-order chi connectivity index (χ1) is 25.3. The molecule has 0 unspecified atom stereocenters. The minimum atomic E-state index is -0.784. The molecule has 2 N–H and O–H groups in total. The smallest absolute Gasteiger partial charge is 0.518 e. The number of hydrogen-bond acceptors (Lipinski definition) is 10. The van der Waals surface area contributed by atoms with Gasteiger partial charge in [-0.15, -0.1) is 0 Å². The van der Waals surface area contributed by atoms with Crippen molar-refractivity contribution in [2.45, 2.75) is 143 Å². The van der Waals surface area contributed by atoms with Crippen LogP contribution in [-0.4, -0.2) is 72.0 Å². The molecular weight excluding hydrogens is 686 g/mol. The highest BCUT2D eigenvalue weighted by Gasteiger charge is 2.54. The molecule has 0 aromatic heterocycles. The first kappa shape index (κ1) is 48.8. The Morgan fingerprint density at radius 2 is 1.02 bits per heavy atom. The van der Waals surface area contributed by atoms with Gasteiger partial charge in [0, 0.05) is 18.3 Å². The zero-order chi connectivity index (χ0) is 41.0. The minimum absolute atomic E-state index is 0.297. The summed E-state index contributed by atoms with van der Waals surface area (Å²) in [6, 6.07) is 19.9. The van der Waals surface area contributed by atoms with Crippen LogP contribution in [0, 0.1) is 11.8 Å². The summed E-state index contributed by atoms with van der Waals surface area (Å²) in [7, 11) is -1.16. The molecule has 300 valence electrons. The molecule has 4 rings (SSSR count). The molecule has 4 atom stereocenters. The molecule has 0 bridgehead atoms. The molecule has 2 aliphatic rings. The quantitative estimate of drug-likeness (QED) is 0.112. The molecule has 0 amide bonds. The van der Waals surface area contributed by atoms with Gasteiger partial charge in [0.15, 0.2) is 0 Å². The van der Waals surface area contributed by atoms with Crippen molar-refractivity contribution in [1.82, 2.24) is 0 Å². The Kier molecular flexibility index (Phi) is 21.3. The van der Waals surface area contributed by atoms with E-state index >= 15 is 0 Å². The molecular formula is C42H66B2O10. The van der Waals surface area contributed by atoms with Gasteiger partial charge in [-0.05, 0) is 99.6 Å². The molecule has 12 heteroatoms. The average molecular weight is 753 g/mol. The summed E-state index contributed by atoms with van der Waals surface area (Å²) in [5.74, 6) is -0.736. The fourth-order valence-electron chi connectivity index (χ4n) is 4.85. The molecule has 2 saturated heterocycles. The van der Waals surface area contributed by atoms with E-state index < -0.39 is 32.8 Å². The Morgan fingerprint density at radius 3 is 1.35 bits per heavy atom. The second kappa shape index (κ2) is 23.6. The Labute approximate surface area is 326 Å². The maximum Gasteiger partial charge on any atom is 0.713 e. The molecule has 2 aromatic carbocycles. The molecule has 2 heterocycles. The van der Waals surface area contributed by atoms with E-state index in [1.165, 1.54) is 11.1 Å². The molecule has 2 aromatic rings. The highest BCUT2D eigenvalue weighted by atomic mass is 16.8. The van der Waals surface area contributed by atoms with E-state index in [4.69, 9.17) is 27.9 Å². The van der Waals surface area contributed by atoms with Gasteiger partial charge in [-0.3, -0.25) is 0 Å². The zero-order valence-electron chi connectivity index (χ0n) is 34.7. The molecule has 2 aliphatic heterocycles. The van der Waals surface area contributed by atoms with Crippen molar-refractivity contribution >= 4 is 27.2 Å². The van der Waals surface area contributed by atoms with Gasteiger partial charge in [0.2, 0.25) is 0 Å². The zero-order valence-corrected chi connectivity index (χ0v) is 34.7. The Morgan fingerprint density at radius 1 is 0.648 bits per heavy atom. The number of hydrogen-bond donors (Lipinski definition) is 2. The number of benzene rings is 2. The summed E-state index contributed by atoms with van der Waals surface area (Å²) in [5, 5.41) is 19.9. The summed E-state index contributed by atoms with van der Waals surface area (Å²) >= 11 is 0. The summed E-state index contributed by atoms with van der Waals surface area (Å²) in [4.78, 5) is 20.6. The van der Waals surface area contributed by atoms with Gasteiger partial charge in [0.05, 0.1) is 47.1 Å². The van der Waals surface area contributed by atoms with Gasteiger partial charge in [-0.2, -0.15) is 0 Å². The van der Waals surface area contributed by atoms with E-state index in [1.807, 2.05) is 130 Å². The van der Waals surface area contributed by atoms with Crippen LogP contribution in [0.25, 0.3) is 0 Å². The highest BCUT2D eigenvalue weighted by Crippen LogP contribution is 2.37. The van der Waals surface area contributed by atoms with Crippen LogP contribution < -0.4 is 0 Å². The maximum atomic E-state index is 10.6. The van der Waals surface area contributed by atoms with Crippen LogP contribution in [0.2, 0.25) is 0 Å². The summed E-state index contributed by atoms with van der Waals surface area (Å²) in [6.07, 6.45) is 9.89. The minimum Gasteiger partial charge on any atom is -0.518 e. The lowest BCUT2D eigenvalue weighted by Crippen LogP contribution is -2.41. The van der Waals surface area contributed by atoms with Gasteiger partial charge in [0.1, 0.15) is 12.6 Å². The van der Waals surface area contributed by atoms with Crippen molar-refractivity contribution in [3.05, 3.63) is 96.5 Å². The lowest BCUT2D eigenvalue weighted by Gasteiger charge is -2.31. The Bertz CT molecular complexity index is 1300. The van der Waals surface area contributed by atoms with Crippen molar-refractivity contribution in [1.29, 1.82) is 0 Å². The lowest BCUT2D eigenvalue weighted by atomic mass is 9.87. The number of allylic oxidation sites excluding steroid dienone is 2. The number of carbonyl (C=O) groups is 2. The van der Waals surface area contributed by atoms with Gasteiger partial charge in [-0.25, -0.2) is 0 Å². The molecule has 0 saturated carbocycles. The van der Waals surface area contributed by atoms with E-state index in [-0.39, 0.29) is 28.3 Å². The standard InChI is InChI=1S/C15H22O3.2C9H17BO3.C9H10O/c1-11(10-16)15(18)12(2)14(17)9-8-13-6-4-3-5-7-13;2*1-6-7-11-10-12-8(2,3)9(4,5)13-10;10-8-4-7-9-5-2-1-3-6-9/h3-7,10-12,14-15,17-18H,8-9H2,1-2H3;2*6-7H,1-5H3;1-3,5-6,8H,4,7H2/b;2*7-6+;/t11-,12+,14-,15+;;;/m0.../s1. The number of aryl methyl sites for hydroxylation is 2. The molecule has 0 aliphatic carbocycles. The Balaban J connectivity index is 0.000000368. The van der Waals surface area contributed by atoms with Gasteiger partial charge >= 0.3 is 14.6 Å². The third kappa shape index (κ3) is 16.6. The first-order valence-electron chi connectivity index (χ1n) is 18.8. The topological polar surface area (TPSA) is 130 Å². The summed E-state index contributed by atoms with van der Waals surface area (Å²) < 4.78 is 32.7. The predicted octanol–water partition coefficient (Wildman–Crippen LogP) is 7.88. The van der Waals surface area contributed by atoms with Crippen LogP contribution in [-0.2, 0) is 50.4 Å². The van der Waals surface area contributed by atoms with Crippen LogP contribution in [0.1, 0.15) is 107 Å². The van der Waals surface area contributed by atoms with E-state index in [1.54, 1.807) is 38.5 Å². The van der Waals surface area contributed by atoms with Crippen LogP contribution in [0.4, 0.5) is 0 Å². The summed E-state index contributed by atoms with van der Waals surface area (Å²) in [5.41, 5.74) is 1.12. The SMILES string of the molecule is C/C=C/OB1OC(C)(C)C(C)(C)O1.C/C=C/OB1OC(C)(C)C(C)(C)O1.C[C@@H]([C@H](O)[C@@H](C)C=O)[C@@H](O)CCc1ccccc1.O=CCCc1ccccc1. The van der Waals surface area contributed by atoms with Crippen LogP contribution in [0.3, 0.4) is 0 Å². The number of rotatable bonds is 14. The van der Waals surface area contributed by atoms with E-state index in [0.717, 1.165) is 25.4 Å². The largest absolute Gasteiger partial charge is 0.713 e. The first-order valence-corrected chi connectivity index (χ1v) is 18.8. The van der Waals surface area contributed by atoms with Crippen LogP contribution in [0.5, 0.6) is 0 Å². The Hall–Kier alpha value is -3.25. The van der Waals surface area contributed by atoms with Crippen molar-refractivity contribution in [2.75, 3.05) is 0 Å². The normalized spacial score (nSPS) is 19.9. The monoisotopic (exact) mass is 752 g/mol. The molecule has 2 fully saturated rings. The van der Waals surface area contributed by atoms with E-state index in [2.05, 4.69) is 0 Å². The van der Waals surface area contributed by atoms with Gasteiger partial charge in [0.25, 0.3) is 0 Å². The van der Waals surface area contributed by atoms with Crippen LogP contribution >= 0.6 is 0 Å². The third-order valence-electron chi connectivity index (χ3n) is 9.98. The predicted molar refractivity (Wildman–Crippen MR) is 216 cm³/mol. The number of aliphatic hydroxyl groups excluding tert-OH is 2. The highest BCUT2D eigenvalue weighted by molar-refractivity contribution is 6.38. The van der Waals surface area contributed by atoms with Crippen molar-refractivity contribution in [3.63, 3.8) is 0 Å². The van der Waals surface area contributed by atoms with E-state index in [0.29, 0.717) is 12.8 Å². The fourth-order valence-corrected chi connectivity index (χ4v) is 4.85. The van der Waals surface area contributed by atoms with Crippen LogP contribution in [0.15, 0.2) is 85.3 Å². The van der Waals surface area contributed by atoms with Gasteiger partial charge in [-0.1, -0.05) is 86.7 Å². The van der Waals surface area contributed by atoms with Crippen molar-refractivity contribution in [3.8, 4) is 0 Å². The molecule has 0 spiro atoms. The number of carbonyl (C=O) groups excluding carboxylic acids is 2. The second-order valence-corrected chi connectivity index (χ2v) is 15.4. The molecule has 10 nitrogen and oxygen atoms in total. The lowest BCUT2D eigenvalue weighted by molar-refractivity contribution is -0.116. The number of aliphatic hydroxyl groups is 2. The third-order valence-corrected chi connectivity index (χ3v) is 9.98. The summed E-state index contributed by atoms with van der Waals surface area (Å²) in [6.45, 7) is 23.1. The van der Waals surface area contributed by atoms with Crippen molar-refractivity contribution in [2.24, 2.45) is 11.8 Å². The van der Waals surface area contributed by atoms with Gasteiger partial charge < -0.3 is 47.7 Å². The average Bonchev–Trinajstić information content (AvgIpc) is 3.49. The number of aldehydes is 2. The second-order valence-electron chi connectivity index (χ2n) is 15.4. The van der Waals surface area contributed by atoms with E-state index in [9.17, 15) is 19.8 Å². The molecule has 54 heavy (non-hydrogen) atoms. The molecule has 0 radical (unpaired) electrons. The van der Waals surface area contributed by atoms with Crippen molar-refractivity contribution < 1.29 is 47.7 Å². The fraction of sp³-hybridized carbons (Fsp3) is 0.571. The maximum absolute atomic E-state index is 10.6.